The second-order valence-electron chi connectivity index (χ2n) is 6.30. The van der Waals surface area contributed by atoms with E-state index in [1.165, 1.54) is 18.2 Å². The molecule has 0 unspecified atom stereocenters. The zero-order valence-electron chi connectivity index (χ0n) is 16.4. The number of nitro benzene ring substituents is 1. The first kappa shape index (κ1) is 23.3. The van der Waals surface area contributed by atoms with Gasteiger partial charge in [0.1, 0.15) is 5.69 Å². The number of anilines is 1. The molecule has 0 saturated heterocycles. The van der Waals surface area contributed by atoms with Crippen molar-refractivity contribution in [2.45, 2.75) is 13.5 Å². The van der Waals surface area contributed by atoms with Crippen LogP contribution in [-0.4, -0.2) is 18.0 Å². The number of hydrogen-bond donors (Lipinski definition) is 0. The second kappa shape index (κ2) is 11.2. The summed E-state index contributed by atoms with van der Waals surface area (Å²) in [5.74, 6) is 0. The quantitative estimate of drug-likeness (QED) is 0.231. The fourth-order valence-corrected chi connectivity index (χ4v) is 3.03. The third kappa shape index (κ3) is 6.23. The van der Waals surface area contributed by atoms with Gasteiger partial charge in [-0.3, -0.25) is 10.1 Å². The molecule has 0 amide bonds. The van der Waals surface area contributed by atoms with E-state index in [-0.39, 0.29) is 23.1 Å². The molecule has 0 atom stereocenters. The summed E-state index contributed by atoms with van der Waals surface area (Å²) in [6.07, 6.45) is 4.11. The van der Waals surface area contributed by atoms with Gasteiger partial charge in [0.2, 0.25) is 0 Å². The molecule has 9 heteroatoms. The molecule has 7 nitrogen and oxygen atoms in total. The zero-order chi connectivity index (χ0) is 20.6. The van der Waals surface area contributed by atoms with Crippen LogP contribution in [0, 0.1) is 10.1 Å². The van der Waals surface area contributed by atoms with Crippen LogP contribution in [0.25, 0.3) is 0 Å². The van der Waals surface area contributed by atoms with E-state index in [0.717, 1.165) is 25.3 Å². The summed E-state index contributed by atoms with van der Waals surface area (Å²) < 4.78 is 2.15. The zero-order valence-corrected chi connectivity index (χ0v) is 17.9. The third-order valence-electron chi connectivity index (χ3n) is 4.42. The van der Waals surface area contributed by atoms with Crippen LogP contribution in [0.3, 0.4) is 0 Å². The molecule has 1 heterocycles. The molecule has 3 aromatic rings. The van der Waals surface area contributed by atoms with Gasteiger partial charge in [-0.05, 0) is 37.3 Å². The minimum absolute atomic E-state index is 0. The summed E-state index contributed by atoms with van der Waals surface area (Å²) in [4.78, 5) is 12.6. The lowest BCUT2D eigenvalue weighted by molar-refractivity contribution is -0.694. The molecule has 156 valence electrons. The Morgan fingerprint density at radius 1 is 1.07 bits per heavy atom. The number of non-ortho nitro benzene ring substituents is 1. The normalized spacial score (nSPS) is 10.6. The van der Waals surface area contributed by atoms with Gasteiger partial charge in [0.25, 0.3) is 5.69 Å². The molecule has 0 spiro atoms. The van der Waals surface area contributed by atoms with Crippen molar-refractivity contribution in [3.8, 4) is 0 Å². The van der Waals surface area contributed by atoms with Crippen molar-refractivity contribution < 1.29 is 21.9 Å². The number of nitro groups is 1. The van der Waals surface area contributed by atoms with E-state index >= 15 is 0 Å². The first-order valence-electron chi connectivity index (χ1n) is 9.21. The molecule has 1 aromatic heterocycles. The van der Waals surface area contributed by atoms with Gasteiger partial charge >= 0.3 is 0 Å². The van der Waals surface area contributed by atoms with Crippen LogP contribution in [-0.2, 0) is 6.54 Å². The average Bonchev–Trinajstić information content (AvgIpc) is 2.75. The van der Waals surface area contributed by atoms with Gasteiger partial charge in [-0.1, -0.05) is 17.7 Å². The number of rotatable bonds is 8. The van der Waals surface area contributed by atoms with E-state index in [9.17, 15) is 10.1 Å². The Bertz CT molecular complexity index is 998. The summed E-state index contributed by atoms with van der Waals surface area (Å²) in [6.45, 7) is 4.81. The lowest BCUT2D eigenvalue weighted by Crippen LogP contribution is -3.00. The number of nitrogens with zero attached hydrogens (tertiary/aromatic N) is 5. The van der Waals surface area contributed by atoms with Crippen molar-refractivity contribution in [3.63, 3.8) is 0 Å². The highest BCUT2D eigenvalue weighted by molar-refractivity contribution is 6.33. The summed E-state index contributed by atoms with van der Waals surface area (Å²) >= 11 is 6.04. The number of aromatic nitrogens is 1. The molecular weight excluding hydrogens is 425 g/mol. The van der Waals surface area contributed by atoms with Gasteiger partial charge in [-0.25, -0.2) is 4.57 Å². The van der Waals surface area contributed by atoms with Crippen LogP contribution in [0.1, 0.15) is 6.92 Å². The molecule has 0 saturated carbocycles. The van der Waals surface area contributed by atoms with Crippen molar-refractivity contribution >= 4 is 34.4 Å². The van der Waals surface area contributed by atoms with Crippen LogP contribution < -0.4 is 21.9 Å². The molecular formula is C21H21Cl2N5O2. The third-order valence-corrected chi connectivity index (χ3v) is 4.72. The monoisotopic (exact) mass is 445 g/mol. The predicted molar refractivity (Wildman–Crippen MR) is 113 cm³/mol. The van der Waals surface area contributed by atoms with Gasteiger partial charge in [-0.15, -0.1) is 5.11 Å². The van der Waals surface area contributed by atoms with E-state index in [1.807, 2.05) is 42.5 Å². The van der Waals surface area contributed by atoms with E-state index < -0.39 is 4.92 Å². The number of hydrogen-bond acceptors (Lipinski definition) is 5. The van der Waals surface area contributed by atoms with Gasteiger partial charge in [-0.2, -0.15) is 5.11 Å². The summed E-state index contributed by atoms with van der Waals surface area (Å²) in [7, 11) is 0. The minimum atomic E-state index is -0.499. The average molecular weight is 446 g/mol. The number of benzene rings is 2. The Kier molecular flexibility index (Phi) is 8.70. The Hall–Kier alpha value is -3.03. The van der Waals surface area contributed by atoms with Crippen molar-refractivity contribution in [3.05, 3.63) is 88.2 Å². The number of pyridine rings is 1. The molecule has 0 fully saturated rings. The highest BCUT2D eigenvalue weighted by atomic mass is 35.5. The molecule has 0 aliphatic heterocycles. The van der Waals surface area contributed by atoms with Gasteiger partial charge in [0.05, 0.1) is 22.2 Å². The van der Waals surface area contributed by atoms with E-state index in [1.54, 1.807) is 0 Å². The molecule has 2 aromatic carbocycles. The van der Waals surface area contributed by atoms with Crippen molar-refractivity contribution in [2.24, 2.45) is 10.2 Å². The lowest BCUT2D eigenvalue weighted by Gasteiger charge is -2.21. The number of azo groups is 1. The first-order valence-corrected chi connectivity index (χ1v) is 9.59. The van der Waals surface area contributed by atoms with Crippen LogP contribution >= 0.6 is 11.6 Å². The van der Waals surface area contributed by atoms with E-state index in [4.69, 9.17) is 11.6 Å². The Morgan fingerprint density at radius 3 is 2.37 bits per heavy atom. The van der Waals surface area contributed by atoms with Crippen molar-refractivity contribution in [2.75, 3.05) is 18.0 Å². The van der Waals surface area contributed by atoms with Crippen LogP contribution in [0.2, 0.25) is 5.02 Å². The maximum Gasteiger partial charge on any atom is 0.271 e. The van der Waals surface area contributed by atoms with Gasteiger partial charge in [0.15, 0.2) is 18.9 Å². The standard InChI is InChI=1S/C21H21ClN5O2.ClH/c1-2-26(15-14-25-12-4-3-5-13-25)18-8-6-17(7-9-18)23-24-21-11-10-19(27(28)29)16-20(21)22;/h3-13,16H,2,14-15H2,1H3;1H/q+1;/p-1. The maximum absolute atomic E-state index is 10.8. The van der Waals surface area contributed by atoms with Crippen molar-refractivity contribution in [1.29, 1.82) is 0 Å². The lowest BCUT2D eigenvalue weighted by atomic mass is 10.2. The first-order chi connectivity index (χ1) is 14.1. The summed E-state index contributed by atoms with van der Waals surface area (Å²) in [6, 6.07) is 17.9. The van der Waals surface area contributed by atoms with E-state index in [0.29, 0.717) is 11.4 Å². The molecule has 0 N–H and O–H groups in total. The largest absolute Gasteiger partial charge is 1.00 e. The highest BCUT2D eigenvalue weighted by Gasteiger charge is 2.10. The van der Waals surface area contributed by atoms with Gasteiger partial charge < -0.3 is 17.3 Å². The maximum atomic E-state index is 10.8. The smallest absolute Gasteiger partial charge is 0.271 e. The summed E-state index contributed by atoms with van der Waals surface area (Å²) in [5, 5.41) is 19.2. The second-order valence-corrected chi connectivity index (χ2v) is 6.71. The highest BCUT2D eigenvalue weighted by Crippen LogP contribution is 2.30. The minimum Gasteiger partial charge on any atom is -1.00 e. The van der Waals surface area contributed by atoms with Crippen molar-refractivity contribution in [1.82, 2.24) is 0 Å². The fraction of sp³-hybridized carbons (Fsp3) is 0.190. The van der Waals surface area contributed by atoms with Crippen LogP contribution in [0.15, 0.2) is 83.3 Å². The van der Waals surface area contributed by atoms with Gasteiger partial charge in [0, 0.05) is 36.5 Å². The van der Waals surface area contributed by atoms with E-state index in [2.05, 4.69) is 39.0 Å². The topological polar surface area (TPSA) is 75.0 Å². The predicted octanol–water partition coefficient (Wildman–Crippen LogP) is 2.48. The SMILES string of the molecule is CCN(CC[n+]1ccccc1)c1ccc(N=Nc2ccc([N+](=O)[O-])cc2Cl)cc1.[Cl-]. The molecule has 0 aliphatic rings. The van der Waals surface area contributed by atoms with Crippen LogP contribution in [0.5, 0.6) is 0 Å². The summed E-state index contributed by atoms with van der Waals surface area (Å²) in [5.41, 5.74) is 2.09. The molecule has 3 rings (SSSR count). The Labute approximate surface area is 186 Å². The molecule has 0 aliphatic carbocycles. The van der Waals surface area contributed by atoms with Crippen LogP contribution in [0.4, 0.5) is 22.7 Å². The molecule has 30 heavy (non-hydrogen) atoms. The Balaban J connectivity index is 0.00000320. The molecule has 0 radical (unpaired) electrons. The fourth-order valence-electron chi connectivity index (χ4n) is 2.82. The molecule has 0 bridgehead atoms. The number of halogens is 2. The Morgan fingerprint density at radius 2 is 1.77 bits per heavy atom. The number of likely N-dealkylation sites (N-methyl/N-ethyl adjacent to an activating group) is 1.